The normalized spacial score (nSPS) is 16.5. The number of likely N-dealkylation sites (tertiary alicyclic amines) is 1. The van der Waals surface area contributed by atoms with E-state index in [0.717, 1.165) is 11.1 Å². The summed E-state index contributed by atoms with van der Waals surface area (Å²) in [5.41, 5.74) is 2.40. The second-order valence-electron chi connectivity index (χ2n) is 6.17. The summed E-state index contributed by atoms with van der Waals surface area (Å²) in [5.74, 6) is -0.161. The fraction of sp³-hybridized carbons (Fsp3) is 0.250. The first-order valence-electron chi connectivity index (χ1n) is 8.24. The maximum atomic E-state index is 12.4. The molecule has 0 radical (unpaired) electrons. The van der Waals surface area contributed by atoms with Crippen LogP contribution in [0.15, 0.2) is 54.6 Å². The largest absolute Gasteiger partial charge is 0.347 e. The molecule has 2 aromatic carbocycles. The molecule has 126 valence electrons. The molecule has 1 atom stereocenters. The summed E-state index contributed by atoms with van der Waals surface area (Å²) in [6, 6.07) is 18.7. The Bertz CT molecular complexity index is 811. The van der Waals surface area contributed by atoms with Crippen molar-refractivity contribution in [2.45, 2.75) is 25.4 Å². The van der Waals surface area contributed by atoms with Crippen molar-refractivity contribution < 1.29 is 9.59 Å². The Morgan fingerprint density at radius 2 is 1.92 bits per heavy atom. The van der Waals surface area contributed by atoms with E-state index in [1.54, 1.807) is 23.1 Å². The average molecular weight is 333 g/mol. The summed E-state index contributed by atoms with van der Waals surface area (Å²) in [5, 5.41) is 11.7. The van der Waals surface area contributed by atoms with Crippen LogP contribution in [0.2, 0.25) is 0 Å². The minimum atomic E-state index is -0.209. The van der Waals surface area contributed by atoms with Gasteiger partial charge in [0.2, 0.25) is 5.91 Å². The molecule has 1 aliphatic heterocycles. The molecule has 1 saturated heterocycles. The first kappa shape index (κ1) is 16.7. The first-order valence-corrected chi connectivity index (χ1v) is 8.24. The molecule has 0 spiro atoms. The molecule has 0 unspecified atom stereocenters. The lowest BCUT2D eigenvalue weighted by atomic mass is 10.1. The van der Waals surface area contributed by atoms with Crippen LogP contribution < -0.4 is 5.32 Å². The summed E-state index contributed by atoms with van der Waals surface area (Å²) in [7, 11) is 0. The molecule has 1 heterocycles. The van der Waals surface area contributed by atoms with E-state index in [1.165, 1.54) is 0 Å². The number of nitrogens with one attached hydrogen (secondary N) is 1. The van der Waals surface area contributed by atoms with Crippen LogP contribution in [-0.2, 0) is 17.8 Å². The monoisotopic (exact) mass is 333 g/mol. The number of benzene rings is 2. The van der Waals surface area contributed by atoms with E-state index in [0.29, 0.717) is 25.1 Å². The highest BCUT2D eigenvalue weighted by Crippen LogP contribution is 2.16. The second kappa shape index (κ2) is 7.63. The molecule has 2 amide bonds. The van der Waals surface area contributed by atoms with Crippen molar-refractivity contribution in [3.63, 3.8) is 0 Å². The zero-order chi connectivity index (χ0) is 17.6. The van der Waals surface area contributed by atoms with Gasteiger partial charge in [-0.05, 0) is 23.3 Å². The molecule has 1 fully saturated rings. The van der Waals surface area contributed by atoms with Crippen LogP contribution in [-0.4, -0.2) is 29.3 Å². The number of rotatable bonds is 5. The van der Waals surface area contributed by atoms with Crippen molar-refractivity contribution in [3.8, 4) is 6.07 Å². The van der Waals surface area contributed by atoms with E-state index in [9.17, 15) is 9.59 Å². The summed E-state index contributed by atoms with van der Waals surface area (Å²) in [6.07, 6.45) is 0.588. The standard InChI is InChI=1S/C20H19N3O2/c21-10-9-15-7-4-8-17(11-15)20(25)22-18-12-19(24)23(14-18)13-16-5-2-1-3-6-16/h1-8,11,18H,9,12-14H2,(H,22,25)/t18-/m0/s1. The van der Waals surface area contributed by atoms with Crippen LogP contribution in [0.1, 0.15) is 27.9 Å². The molecule has 0 saturated carbocycles. The summed E-state index contributed by atoms with van der Waals surface area (Å²) < 4.78 is 0. The number of hydrogen-bond donors (Lipinski definition) is 1. The van der Waals surface area contributed by atoms with Gasteiger partial charge in [-0.15, -0.1) is 0 Å². The quantitative estimate of drug-likeness (QED) is 0.912. The average Bonchev–Trinajstić information content (AvgIpc) is 2.95. The lowest BCUT2D eigenvalue weighted by Crippen LogP contribution is -2.37. The van der Waals surface area contributed by atoms with Gasteiger partial charge in [-0.1, -0.05) is 42.5 Å². The molecule has 0 bridgehead atoms. The van der Waals surface area contributed by atoms with Crippen LogP contribution in [0.3, 0.4) is 0 Å². The lowest BCUT2D eigenvalue weighted by molar-refractivity contribution is -0.128. The van der Waals surface area contributed by atoms with Crippen LogP contribution in [0.25, 0.3) is 0 Å². The van der Waals surface area contributed by atoms with Crippen molar-refractivity contribution in [1.82, 2.24) is 10.2 Å². The van der Waals surface area contributed by atoms with Gasteiger partial charge in [0.25, 0.3) is 5.91 Å². The number of nitrogens with zero attached hydrogens (tertiary/aromatic N) is 2. The number of hydrogen-bond acceptors (Lipinski definition) is 3. The van der Waals surface area contributed by atoms with E-state index in [-0.39, 0.29) is 24.3 Å². The molecule has 1 N–H and O–H groups in total. The molecule has 25 heavy (non-hydrogen) atoms. The highest BCUT2D eigenvalue weighted by Gasteiger charge is 2.30. The van der Waals surface area contributed by atoms with Gasteiger partial charge in [0.1, 0.15) is 0 Å². The molecule has 3 rings (SSSR count). The highest BCUT2D eigenvalue weighted by atomic mass is 16.2. The van der Waals surface area contributed by atoms with Crippen LogP contribution >= 0.6 is 0 Å². The maximum absolute atomic E-state index is 12.4. The molecule has 1 aliphatic rings. The number of carbonyl (C=O) groups excluding carboxylic acids is 2. The van der Waals surface area contributed by atoms with Crippen molar-refractivity contribution in [1.29, 1.82) is 5.26 Å². The summed E-state index contributed by atoms with van der Waals surface area (Å²) in [4.78, 5) is 26.4. The minimum Gasteiger partial charge on any atom is -0.347 e. The predicted octanol–water partition coefficient (Wildman–Crippen LogP) is 2.28. The second-order valence-corrected chi connectivity index (χ2v) is 6.17. The Morgan fingerprint density at radius 1 is 1.16 bits per heavy atom. The molecule has 0 aliphatic carbocycles. The summed E-state index contributed by atoms with van der Waals surface area (Å²) in [6.45, 7) is 1.07. The highest BCUT2D eigenvalue weighted by molar-refractivity contribution is 5.95. The molecule has 2 aromatic rings. The van der Waals surface area contributed by atoms with Gasteiger partial charge in [-0.2, -0.15) is 5.26 Å². The van der Waals surface area contributed by atoms with Gasteiger partial charge in [-0.3, -0.25) is 9.59 Å². The lowest BCUT2D eigenvalue weighted by Gasteiger charge is -2.17. The van der Waals surface area contributed by atoms with E-state index in [1.807, 2.05) is 36.4 Å². The van der Waals surface area contributed by atoms with Gasteiger partial charge >= 0.3 is 0 Å². The zero-order valence-electron chi connectivity index (χ0n) is 13.8. The molecule has 5 heteroatoms. The fourth-order valence-electron chi connectivity index (χ4n) is 3.01. The van der Waals surface area contributed by atoms with Gasteiger partial charge in [0, 0.05) is 25.1 Å². The molecular formula is C20H19N3O2. The molecule has 5 nitrogen and oxygen atoms in total. The van der Waals surface area contributed by atoms with E-state index >= 15 is 0 Å². The number of carbonyl (C=O) groups is 2. The molecular weight excluding hydrogens is 314 g/mol. The number of nitriles is 1. The minimum absolute atomic E-state index is 0.0485. The van der Waals surface area contributed by atoms with Crippen molar-refractivity contribution >= 4 is 11.8 Å². The van der Waals surface area contributed by atoms with Gasteiger partial charge in [0.05, 0.1) is 18.5 Å². The zero-order valence-corrected chi connectivity index (χ0v) is 13.8. The van der Waals surface area contributed by atoms with Crippen molar-refractivity contribution in [2.75, 3.05) is 6.54 Å². The topological polar surface area (TPSA) is 73.2 Å². The predicted molar refractivity (Wildman–Crippen MR) is 93.5 cm³/mol. The van der Waals surface area contributed by atoms with Crippen LogP contribution in [0.4, 0.5) is 0 Å². The Morgan fingerprint density at radius 3 is 2.68 bits per heavy atom. The Labute approximate surface area is 146 Å². The maximum Gasteiger partial charge on any atom is 0.251 e. The fourth-order valence-corrected chi connectivity index (χ4v) is 3.01. The number of amides is 2. The Kier molecular flexibility index (Phi) is 5.10. The molecule has 0 aromatic heterocycles. The third kappa shape index (κ3) is 4.24. The van der Waals surface area contributed by atoms with E-state index < -0.39 is 0 Å². The SMILES string of the molecule is N#CCc1cccc(C(=O)N[C@H]2CC(=O)N(Cc3ccccc3)C2)c1. The van der Waals surface area contributed by atoms with Crippen molar-refractivity contribution in [3.05, 3.63) is 71.3 Å². The van der Waals surface area contributed by atoms with Crippen LogP contribution in [0, 0.1) is 11.3 Å². The third-order valence-electron chi connectivity index (χ3n) is 4.24. The van der Waals surface area contributed by atoms with E-state index in [2.05, 4.69) is 11.4 Å². The van der Waals surface area contributed by atoms with Crippen molar-refractivity contribution in [2.24, 2.45) is 0 Å². The Balaban J connectivity index is 1.60. The third-order valence-corrected chi connectivity index (χ3v) is 4.24. The smallest absolute Gasteiger partial charge is 0.251 e. The van der Waals surface area contributed by atoms with Gasteiger partial charge < -0.3 is 10.2 Å². The first-order chi connectivity index (χ1) is 12.2. The van der Waals surface area contributed by atoms with Crippen LogP contribution in [0.5, 0.6) is 0 Å². The van der Waals surface area contributed by atoms with Gasteiger partial charge in [-0.25, -0.2) is 0 Å². The van der Waals surface area contributed by atoms with E-state index in [4.69, 9.17) is 5.26 Å². The van der Waals surface area contributed by atoms with Gasteiger partial charge in [0.15, 0.2) is 0 Å². The summed E-state index contributed by atoms with van der Waals surface area (Å²) >= 11 is 0. The Hall–Kier alpha value is -3.13.